The Morgan fingerprint density at radius 1 is 1.06 bits per heavy atom. The van der Waals surface area contributed by atoms with E-state index in [1.165, 1.54) is 18.2 Å². The number of fused-ring (bicyclic) bond motifs is 1. The summed E-state index contributed by atoms with van der Waals surface area (Å²) in [7, 11) is 0. The molecule has 33 heavy (non-hydrogen) atoms. The van der Waals surface area contributed by atoms with Gasteiger partial charge in [-0.1, -0.05) is 18.2 Å². The number of hydrogen-bond donors (Lipinski definition) is 3. The second-order valence-corrected chi connectivity index (χ2v) is 7.65. The molecule has 2 aromatic heterocycles. The molecule has 0 unspecified atom stereocenters. The van der Waals surface area contributed by atoms with Crippen LogP contribution in [-0.4, -0.2) is 32.3 Å². The maximum absolute atomic E-state index is 12.8. The first-order chi connectivity index (χ1) is 15.7. The molecule has 6 nitrogen and oxygen atoms in total. The van der Waals surface area contributed by atoms with E-state index in [1.54, 1.807) is 12.1 Å². The summed E-state index contributed by atoms with van der Waals surface area (Å²) >= 11 is 0. The number of amides is 1. The van der Waals surface area contributed by atoms with E-state index in [0.717, 1.165) is 28.6 Å². The quantitative estimate of drug-likeness (QED) is 0.411. The average Bonchev–Trinajstić information content (AvgIpc) is 3.19. The van der Waals surface area contributed by atoms with Crippen molar-refractivity contribution in [3.8, 4) is 11.3 Å². The van der Waals surface area contributed by atoms with Crippen LogP contribution in [0, 0.1) is 0 Å². The fourth-order valence-corrected chi connectivity index (χ4v) is 3.62. The van der Waals surface area contributed by atoms with Gasteiger partial charge in [-0.2, -0.15) is 13.2 Å². The lowest BCUT2D eigenvalue weighted by atomic mass is 10.0. The van der Waals surface area contributed by atoms with Gasteiger partial charge in [0.2, 0.25) is 0 Å². The zero-order valence-corrected chi connectivity index (χ0v) is 17.3. The van der Waals surface area contributed by atoms with Crippen molar-refractivity contribution < 1.29 is 28.2 Å². The number of halogens is 3. The lowest BCUT2D eigenvalue weighted by molar-refractivity contribution is -0.137. The SMILES string of the molecule is NC(=O)c1cc([C@H](O)CO)cc(-c2ccc3c(ccn3Cc3ccc(C(F)(F)F)cc3)c2)n1. The smallest absolute Gasteiger partial charge is 0.393 e. The molecule has 4 N–H and O–H groups in total. The third-order valence-corrected chi connectivity index (χ3v) is 5.36. The number of aromatic nitrogens is 2. The van der Waals surface area contributed by atoms with Crippen LogP contribution in [0.15, 0.2) is 66.9 Å². The van der Waals surface area contributed by atoms with Gasteiger partial charge in [-0.3, -0.25) is 4.79 Å². The second kappa shape index (κ2) is 8.68. The highest BCUT2D eigenvalue weighted by Crippen LogP contribution is 2.30. The zero-order valence-electron chi connectivity index (χ0n) is 17.3. The molecule has 0 radical (unpaired) electrons. The number of nitrogens with two attached hydrogens (primary N) is 1. The van der Waals surface area contributed by atoms with E-state index < -0.39 is 30.4 Å². The van der Waals surface area contributed by atoms with Crippen molar-refractivity contribution in [1.29, 1.82) is 0 Å². The van der Waals surface area contributed by atoms with Crippen molar-refractivity contribution >= 4 is 16.8 Å². The summed E-state index contributed by atoms with van der Waals surface area (Å²) in [4.78, 5) is 15.9. The average molecular weight is 455 g/mol. The van der Waals surface area contributed by atoms with Crippen LogP contribution >= 0.6 is 0 Å². The normalized spacial score (nSPS) is 12.8. The standard InChI is InChI=1S/C24H20F3N3O3/c25-24(26,27)18-4-1-14(2-5-18)12-30-8-7-16-9-15(3-6-21(16)30)19-10-17(22(32)13-31)11-20(29-19)23(28)33/h1-11,22,31-32H,12-13H2,(H2,28,33)/t22-/m1/s1. The van der Waals surface area contributed by atoms with Gasteiger partial charge in [0, 0.05) is 29.2 Å². The highest BCUT2D eigenvalue weighted by Gasteiger charge is 2.29. The number of carbonyl (C=O) groups is 1. The molecule has 0 fully saturated rings. The summed E-state index contributed by atoms with van der Waals surface area (Å²) in [6.45, 7) is -0.128. The lowest BCUT2D eigenvalue weighted by Crippen LogP contribution is -2.15. The lowest BCUT2D eigenvalue weighted by Gasteiger charge is -2.12. The molecule has 2 heterocycles. The summed E-state index contributed by atoms with van der Waals surface area (Å²) in [5, 5.41) is 20.1. The zero-order chi connectivity index (χ0) is 23.8. The first kappa shape index (κ1) is 22.5. The van der Waals surface area contributed by atoms with Gasteiger partial charge in [-0.15, -0.1) is 0 Å². The van der Waals surface area contributed by atoms with Gasteiger partial charge in [-0.25, -0.2) is 4.98 Å². The van der Waals surface area contributed by atoms with Gasteiger partial charge in [0.05, 0.1) is 17.9 Å². The van der Waals surface area contributed by atoms with Crippen LogP contribution in [0.25, 0.3) is 22.2 Å². The van der Waals surface area contributed by atoms with E-state index in [-0.39, 0.29) is 5.69 Å². The number of pyridine rings is 1. The molecule has 0 aliphatic carbocycles. The van der Waals surface area contributed by atoms with Crippen LogP contribution in [0.1, 0.15) is 33.3 Å². The second-order valence-electron chi connectivity index (χ2n) is 7.65. The third kappa shape index (κ3) is 4.74. The molecule has 0 aliphatic rings. The van der Waals surface area contributed by atoms with Crippen LogP contribution in [0.3, 0.4) is 0 Å². The Hall–Kier alpha value is -3.69. The molecule has 170 valence electrons. The Bertz CT molecular complexity index is 1310. The first-order valence-electron chi connectivity index (χ1n) is 10.0. The Kier molecular flexibility index (Phi) is 5.92. The number of nitrogens with zero attached hydrogens (tertiary/aromatic N) is 2. The number of hydrogen-bond acceptors (Lipinski definition) is 4. The van der Waals surface area contributed by atoms with Crippen molar-refractivity contribution in [1.82, 2.24) is 9.55 Å². The van der Waals surface area contributed by atoms with Crippen LogP contribution in [0.4, 0.5) is 13.2 Å². The van der Waals surface area contributed by atoms with Gasteiger partial charge in [0.1, 0.15) is 11.8 Å². The number of rotatable bonds is 6. The van der Waals surface area contributed by atoms with Crippen molar-refractivity contribution in [3.05, 3.63) is 89.2 Å². The molecule has 0 aliphatic heterocycles. The van der Waals surface area contributed by atoms with Crippen molar-refractivity contribution in [3.63, 3.8) is 0 Å². The number of benzene rings is 2. The molecule has 0 saturated heterocycles. The fraction of sp³-hybridized carbons (Fsp3) is 0.167. The summed E-state index contributed by atoms with van der Waals surface area (Å²) in [5.41, 5.74) is 7.62. The molecule has 1 amide bonds. The van der Waals surface area contributed by atoms with E-state index in [0.29, 0.717) is 23.4 Å². The van der Waals surface area contributed by atoms with E-state index in [9.17, 15) is 28.2 Å². The Balaban J connectivity index is 1.66. The van der Waals surface area contributed by atoms with Gasteiger partial charge in [-0.05, 0) is 53.6 Å². The topological polar surface area (TPSA) is 101 Å². The minimum Gasteiger partial charge on any atom is -0.393 e. The molecular formula is C24H20F3N3O3. The predicted octanol–water partition coefficient (Wildman–Crippen LogP) is 3.90. The van der Waals surface area contributed by atoms with Crippen molar-refractivity contribution in [2.24, 2.45) is 5.73 Å². The van der Waals surface area contributed by atoms with Gasteiger partial charge >= 0.3 is 6.18 Å². The number of aliphatic hydroxyl groups excluding tert-OH is 2. The first-order valence-corrected chi connectivity index (χ1v) is 10.0. The summed E-state index contributed by atoms with van der Waals surface area (Å²) in [6.07, 6.45) is -3.72. The van der Waals surface area contributed by atoms with Gasteiger partial charge < -0.3 is 20.5 Å². The largest absolute Gasteiger partial charge is 0.416 e. The molecule has 1 atom stereocenters. The van der Waals surface area contributed by atoms with E-state index in [4.69, 9.17) is 5.73 Å². The van der Waals surface area contributed by atoms with E-state index in [1.807, 2.05) is 29.0 Å². The number of carbonyl (C=O) groups excluding carboxylic acids is 1. The van der Waals surface area contributed by atoms with Crippen LogP contribution in [-0.2, 0) is 12.7 Å². The Morgan fingerprint density at radius 3 is 2.42 bits per heavy atom. The summed E-state index contributed by atoms with van der Waals surface area (Å²) < 4.78 is 40.3. The monoisotopic (exact) mass is 455 g/mol. The molecule has 4 rings (SSSR count). The molecular weight excluding hydrogens is 435 g/mol. The fourth-order valence-electron chi connectivity index (χ4n) is 3.62. The molecule has 9 heteroatoms. The summed E-state index contributed by atoms with van der Waals surface area (Å²) in [5.74, 6) is -0.757. The number of alkyl halides is 3. The van der Waals surface area contributed by atoms with Crippen molar-refractivity contribution in [2.45, 2.75) is 18.8 Å². The van der Waals surface area contributed by atoms with Crippen LogP contribution in [0.5, 0.6) is 0 Å². The number of primary amides is 1. The highest BCUT2D eigenvalue weighted by atomic mass is 19.4. The van der Waals surface area contributed by atoms with Crippen molar-refractivity contribution in [2.75, 3.05) is 6.61 Å². The van der Waals surface area contributed by atoms with Crippen LogP contribution in [0.2, 0.25) is 0 Å². The van der Waals surface area contributed by atoms with E-state index in [2.05, 4.69) is 4.98 Å². The number of aliphatic hydroxyl groups is 2. The Labute approximate surface area is 186 Å². The van der Waals surface area contributed by atoms with Crippen LogP contribution < -0.4 is 5.73 Å². The predicted molar refractivity (Wildman–Crippen MR) is 116 cm³/mol. The minimum absolute atomic E-state index is 0.0324. The molecule has 0 bridgehead atoms. The van der Waals surface area contributed by atoms with Gasteiger partial charge in [0.15, 0.2) is 0 Å². The summed E-state index contributed by atoms with van der Waals surface area (Å²) in [6, 6.07) is 15.3. The van der Waals surface area contributed by atoms with E-state index >= 15 is 0 Å². The maximum atomic E-state index is 12.8. The maximum Gasteiger partial charge on any atom is 0.416 e. The van der Waals surface area contributed by atoms with Gasteiger partial charge in [0.25, 0.3) is 5.91 Å². The molecule has 0 saturated carbocycles. The Morgan fingerprint density at radius 2 is 1.79 bits per heavy atom. The molecule has 4 aromatic rings. The third-order valence-electron chi connectivity index (χ3n) is 5.36. The minimum atomic E-state index is -4.37. The highest BCUT2D eigenvalue weighted by molar-refractivity contribution is 5.92. The molecule has 2 aromatic carbocycles. The molecule has 0 spiro atoms.